The van der Waals surface area contributed by atoms with Crippen molar-refractivity contribution in [3.8, 4) is 6.07 Å². The summed E-state index contributed by atoms with van der Waals surface area (Å²) in [5, 5.41) is 20.0. The van der Waals surface area contributed by atoms with E-state index in [-0.39, 0.29) is 22.2 Å². The van der Waals surface area contributed by atoms with Crippen molar-refractivity contribution in [3.05, 3.63) is 38.9 Å². The number of rotatable bonds is 5. The Morgan fingerprint density at radius 2 is 2.16 bits per heavy atom. The van der Waals surface area contributed by atoms with E-state index < -0.39 is 16.6 Å². The highest BCUT2D eigenvalue weighted by molar-refractivity contribution is 6.34. The zero-order chi connectivity index (χ0) is 14.6. The number of nitro benzene ring substituents is 1. The van der Waals surface area contributed by atoms with Crippen LogP contribution in [0.1, 0.15) is 30.6 Å². The van der Waals surface area contributed by atoms with Crippen molar-refractivity contribution in [1.29, 1.82) is 5.26 Å². The molecule has 1 atom stereocenters. The summed E-state index contributed by atoms with van der Waals surface area (Å²) in [5.41, 5.74) is -0.539. The number of nitriles is 1. The molecule has 1 unspecified atom stereocenters. The van der Waals surface area contributed by atoms with Crippen LogP contribution in [0, 0.1) is 33.3 Å². The fourth-order valence-corrected chi connectivity index (χ4v) is 2.04. The van der Waals surface area contributed by atoms with Gasteiger partial charge in [-0.3, -0.25) is 14.9 Å². The van der Waals surface area contributed by atoms with Gasteiger partial charge in [0, 0.05) is 6.07 Å². The van der Waals surface area contributed by atoms with Crippen LogP contribution in [0.2, 0.25) is 5.02 Å². The van der Waals surface area contributed by atoms with Gasteiger partial charge >= 0.3 is 0 Å². The molecule has 6 heteroatoms. The van der Waals surface area contributed by atoms with E-state index in [0.29, 0.717) is 6.42 Å². The van der Waals surface area contributed by atoms with E-state index >= 15 is 0 Å². The number of hydrogen-bond acceptors (Lipinski definition) is 4. The number of ketones is 1. The Morgan fingerprint density at radius 3 is 2.63 bits per heavy atom. The number of nitro groups is 1. The third kappa shape index (κ3) is 3.52. The summed E-state index contributed by atoms with van der Waals surface area (Å²) < 4.78 is 0. The highest BCUT2D eigenvalue weighted by atomic mass is 35.5. The molecular weight excluding hydrogens is 268 g/mol. The summed E-state index contributed by atoms with van der Waals surface area (Å²) in [5.74, 6) is -1.37. The molecule has 1 aromatic carbocycles. The van der Waals surface area contributed by atoms with Gasteiger partial charge in [-0.15, -0.1) is 0 Å². The van der Waals surface area contributed by atoms with E-state index in [1.165, 1.54) is 18.2 Å². The quantitative estimate of drug-likeness (QED) is 0.468. The van der Waals surface area contributed by atoms with Crippen molar-refractivity contribution >= 4 is 23.1 Å². The lowest BCUT2D eigenvalue weighted by atomic mass is 9.90. The average molecular weight is 281 g/mol. The van der Waals surface area contributed by atoms with Gasteiger partial charge in [-0.05, 0) is 18.4 Å². The topological polar surface area (TPSA) is 84.0 Å². The molecule has 0 saturated heterocycles. The molecule has 1 rings (SSSR count). The Morgan fingerprint density at radius 1 is 1.53 bits per heavy atom. The van der Waals surface area contributed by atoms with Gasteiger partial charge in [0.1, 0.15) is 11.5 Å². The molecule has 5 nitrogen and oxygen atoms in total. The normalized spacial score (nSPS) is 11.9. The smallest absolute Gasteiger partial charge is 0.281 e. The maximum Gasteiger partial charge on any atom is 0.281 e. The van der Waals surface area contributed by atoms with E-state index in [9.17, 15) is 14.9 Å². The molecule has 0 amide bonds. The van der Waals surface area contributed by atoms with Crippen LogP contribution in [-0.2, 0) is 0 Å². The van der Waals surface area contributed by atoms with Gasteiger partial charge < -0.3 is 0 Å². The van der Waals surface area contributed by atoms with Crippen LogP contribution in [0.3, 0.4) is 0 Å². The Balaban J connectivity index is 3.26. The molecule has 1 aromatic rings. The Kier molecular flexibility index (Phi) is 5.02. The number of halogens is 1. The molecule has 0 fully saturated rings. The summed E-state index contributed by atoms with van der Waals surface area (Å²) in [6.07, 6.45) is 0.345. The minimum absolute atomic E-state index is 0.00297. The summed E-state index contributed by atoms with van der Waals surface area (Å²) in [6, 6.07) is 5.92. The molecule has 0 saturated carbocycles. The van der Waals surface area contributed by atoms with Gasteiger partial charge in [0.15, 0.2) is 5.78 Å². The van der Waals surface area contributed by atoms with Crippen molar-refractivity contribution < 1.29 is 9.72 Å². The van der Waals surface area contributed by atoms with E-state index in [2.05, 4.69) is 0 Å². The van der Waals surface area contributed by atoms with Crippen molar-refractivity contribution in [2.75, 3.05) is 0 Å². The number of hydrogen-bond donors (Lipinski definition) is 0. The summed E-state index contributed by atoms with van der Waals surface area (Å²) >= 11 is 5.87. The first-order chi connectivity index (χ1) is 8.88. The molecule has 0 N–H and O–H groups in total. The zero-order valence-corrected chi connectivity index (χ0v) is 11.3. The Labute approximate surface area is 115 Å². The van der Waals surface area contributed by atoms with E-state index in [1.807, 2.05) is 19.9 Å². The van der Waals surface area contributed by atoms with Gasteiger partial charge in [-0.25, -0.2) is 0 Å². The van der Waals surface area contributed by atoms with Gasteiger partial charge in [-0.2, -0.15) is 5.26 Å². The molecule has 0 aromatic heterocycles. The Hall–Kier alpha value is -1.93. The van der Waals surface area contributed by atoms with Crippen LogP contribution in [-0.4, -0.2) is 10.7 Å². The summed E-state index contributed by atoms with van der Waals surface area (Å²) in [4.78, 5) is 22.5. The first-order valence-corrected chi connectivity index (χ1v) is 6.13. The lowest BCUT2D eigenvalue weighted by Crippen LogP contribution is -2.17. The predicted molar refractivity (Wildman–Crippen MR) is 71.0 cm³/mol. The minimum atomic E-state index is -0.918. The summed E-state index contributed by atoms with van der Waals surface area (Å²) in [7, 11) is 0. The van der Waals surface area contributed by atoms with Crippen LogP contribution < -0.4 is 0 Å². The van der Waals surface area contributed by atoms with Crippen molar-refractivity contribution in [2.24, 2.45) is 11.8 Å². The molecule has 0 radical (unpaired) electrons. The second-order valence-corrected chi connectivity index (χ2v) is 4.97. The van der Waals surface area contributed by atoms with Gasteiger partial charge in [-0.1, -0.05) is 31.5 Å². The number of carbonyl (C=O) groups excluding carboxylic acids is 1. The van der Waals surface area contributed by atoms with Gasteiger partial charge in [0.25, 0.3) is 5.69 Å². The molecule has 0 bridgehead atoms. The Bertz CT molecular complexity index is 549. The molecule has 0 aliphatic heterocycles. The second kappa shape index (κ2) is 6.30. The molecular formula is C13H13ClN2O3. The first-order valence-electron chi connectivity index (χ1n) is 5.75. The molecule has 19 heavy (non-hydrogen) atoms. The lowest BCUT2D eigenvalue weighted by Gasteiger charge is -2.11. The third-order valence-electron chi connectivity index (χ3n) is 2.61. The standard InChI is InChI=1S/C13H13ClN2O3/c1-8(2)6-9(7-15)13(17)12-10(14)4-3-5-11(12)16(18)19/h3-5,8-9H,6H2,1-2H3. The van der Waals surface area contributed by atoms with Gasteiger partial charge in [0.05, 0.1) is 16.0 Å². The second-order valence-electron chi connectivity index (χ2n) is 4.57. The van der Waals surface area contributed by atoms with Crippen LogP contribution in [0.5, 0.6) is 0 Å². The van der Waals surface area contributed by atoms with Crippen molar-refractivity contribution in [3.63, 3.8) is 0 Å². The number of carbonyl (C=O) groups is 1. The van der Waals surface area contributed by atoms with Crippen LogP contribution in [0.25, 0.3) is 0 Å². The highest BCUT2D eigenvalue weighted by Crippen LogP contribution is 2.30. The monoisotopic (exact) mass is 280 g/mol. The summed E-state index contributed by atoms with van der Waals surface area (Å²) in [6.45, 7) is 3.75. The fourth-order valence-electron chi connectivity index (χ4n) is 1.77. The maximum atomic E-state index is 12.2. The molecule has 0 aliphatic carbocycles. The first kappa shape index (κ1) is 15.1. The third-order valence-corrected chi connectivity index (χ3v) is 2.93. The van der Waals surface area contributed by atoms with Crippen molar-refractivity contribution in [2.45, 2.75) is 20.3 Å². The zero-order valence-electron chi connectivity index (χ0n) is 10.6. The number of benzene rings is 1. The van der Waals surface area contributed by atoms with E-state index in [1.54, 1.807) is 0 Å². The van der Waals surface area contributed by atoms with E-state index in [4.69, 9.17) is 16.9 Å². The van der Waals surface area contributed by atoms with Gasteiger partial charge in [0.2, 0.25) is 0 Å². The van der Waals surface area contributed by atoms with Crippen LogP contribution >= 0.6 is 11.6 Å². The fraction of sp³-hybridized carbons (Fsp3) is 0.385. The van der Waals surface area contributed by atoms with Crippen LogP contribution in [0.15, 0.2) is 18.2 Å². The number of nitrogens with zero attached hydrogens (tertiary/aromatic N) is 2. The largest absolute Gasteiger partial charge is 0.292 e. The minimum Gasteiger partial charge on any atom is -0.292 e. The average Bonchev–Trinajstić information content (AvgIpc) is 2.34. The molecule has 0 heterocycles. The van der Waals surface area contributed by atoms with E-state index in [0.717, 1.165) is 0 Å². The predicted octanol–water partition coefficient (Wildman–Crippen LogP) is 3.62. The molecule has 100 valence electrons. The molecule has 0 aliphatic rings. The lowest BCUT2D eigenvalue weighted by molar-refractivity contribution is -0.385. The number of Topliss-reactive ketones (excluding diaryl/α,β-unsaturated/α-hetero) is 1. The molecule has 0 spiro atoms. The SMILES string of the molecule is CC(C)CC(C#N)C(=O)c1c(Cl)cccc1[N+](=O)[O-]. The maximum absolute atomic E-state index is 12.2. The van der Waals surface area contributed by atoms with Crippen molar-refractivity contribution in [1.82, 2.24) is 0 Å². The highest BCUT2D eigenvalue weighted by Gasteiger charge is 2.29. The van der Waals surface area contributed by atoms with Crippen LogP contribution in [0.4, 0.5) is 5.69 Å².